The summed E-state index contributed by atoms with van der Waals surface area (Å²) in [5.41, 5.74) is 0.910. The van der Waals surface area contributed by atoms with Crippen LogP contribution in [0.25, 0.3) is 0 Å². The second kappa shape index (κ2) is 27.8. The maximum absolute atomic E-state index is 12.8. The largest absolute Gasteiger partial charge is 0.465 e. The fourth-order valence-corrected chi connectivity index (χ4v) is 6.29. The molecule has 0 aliphatic rings. The van der Waals surface area contributed by atoms with Crippen molar-refractivity contribution >= 4 is 28.1 Å². The molecule has 10 nitrogen and oxygen atoms in total. The summed E-state index contributed by atoms with van der Waals surface area (Å²) in [7, 11) is -4.05. The van der Waals surface area contributed by atoms with Gasteiger partial charge in [0.1, 0.15) is 12.6 Å². The standard InChI is InChI=1S/C39H65NO9S/c1-6-8-9-10-11-12-13-14-15-16-17-18-19-20-21-22-36(41)48-30-34(31-49-50(44,45)35-25-23-33(5)24-26-35)27-29-46-38(42)37(32(3)4)40-39(43)47-28-7-2/h7,23-26,32,34,37H,2,6,8-22,27-31H2,1,3-5H3,(H,40,43)/t34-,37-/m0/s1. The van der Waals surface area contributed by atoms with Crippen molar-refractivity contribution in [3.8, 4) is 0 Å². The van der Waals surface area contributed by atoms with Gasteiger partial charge in [-0.05, 0) is 37.8 Å². The SMILES string of the molecule is C=CCOC(=O)N[C@H](C(=O)OCC[C@@H](COC(=O)CCCCCCCCCCCCCCCCC)COS(=O)(=O)c1ccc(C)cc1)C(C)C. The number of ether oxygens (including phenoxy) is 3. The van der Waals surface area contributed by atoms with E-state index in [9.17, 15) is 22.8 Å². The van der Waals surface area contributed by atoms with Gasteiger partial charge in [-0.1, -0.05) is 141 Å². The van der Waals surface area contributed by atoms with Crippen LogP contribution < -0.4 is 5.32 Å². The minimum atomic E-state index is -4.05. The van der Waals surface area contributed by atoms with E-state index in [0.29, 0.717) is 0 Å². The number of aryl methyl sites for hydroxylation is 1. The number of benzene rings is 1. The van der Waals surface area contributed by atoms with E-state index in [4.69, 9.17) is 18.4 Å². The predicted octanol–water partition coefficient (Wildman–Crippen LogP) is 8.99. The molecule has 1 aromatic rings. The van der Waals surface area contributed by atoms with Gasteiger partial charge in [0.15, 0.2) is 0 Å². The summed E-state index contributed by atoms with van der Waals surface area (Å²) in [6.07, 6.45) is 19.7. The summed E-state index contributed by atoms with van der Waals surface area (Å²) in [5.74, 6) is -1.85. The first-order valence-electron chi connectivity index (χ1n) is 18.8. The van der Waals surface area contributed by atoms with Crippen molar-refractivity contribution in [3.63, 3.8) is 0 Å². The molecule has 0 saturated heterocycles. The molecule has 0 radical (unpaired) electrons. The van der Waals surface area contributed by atoms with Crippen LogP contribution in [0.15, 0.2) is 41.8 Å². The lowest BCUT2D eigenvalue weighted by atomic mass is 10.0. The van der Waals surface area contributed by atoms with E-state index >= 15 is 0 Å². The summed E-state index contributed by atoms with van der Waals surface area (Å²) in [6, 6.07) is 5.35. The van der Waals surface area contributed by atoms with Gasteiger partial charge in [0.05, 0.1) is 24.7 Å². The van der Waals surface area contributed by atoms with Crippen molar-refractivity contribution < 1.29 is 41.2 Å². The Morgan fingerprint density at radius 1 is 0.780 bits per heavy atom. The molecule has 0 aliphatic heterocycles. The maximum atomic E-state index is 12.8. The molecule has 0 fully saturated rings. The maximum Gasteiger partial charge on any atom is 0.408 e. The van der Waals surface area contributed by atoms with Crippen LogP contribution in [0.5, 0.6) is 0 Å². The van der Waals surface area contributed by atoms with Gasteiger partial charge in [-0.2, -0.15) is 8.42 Å². The highest BCUT2D eigenvalue weighted by Crippen LogP contribution is 2.18. The Labute approximate surface area is 302 Å². The van der Waals surface area contributed by atoms with Crippen LogP contribution in [0.1, 0.15) is 135 Å². The Balaban J connectivity index is 2.49. The Morgan fingerprint density at radius 3 is 1.84 bits per heavy atom. The molecule has 11 heteroatoms. The predicted molar refractivity (Wildman–Crippen MR) is 197 cm³/mol. The van der Waals surface area contributed by atoms with Gasteiger partial charge in [0.2, 0.25) is 0 Å². The summed E-state index contributed by atoms with van der Waals surface area (Å²) >= 11 is 0. The smallest absolute Gasteiger partial charge is 0.408 e. The van der Waals surface area contributed by atoms with Gasteiger partial charge < -0.3 is 19.5 Å². The molecule has 0 unspecified atom stereocenters. The van der Waals surface area contributed by atoms with E-state index < -0.39 is 34.1 Å². The lowest BCUT2D eigenvalue weighted by Gasteiger charge is -2.21. The number of unbranched alkanes of at least 4 members (excludes halogenated alkanes) is 14. The molecule has 286 valence electrons. The first-order chi connectivity index (χ1) is 24.0. The molecule has 0 bridgehead atoms. The fraction of sp³-hybridized carbons (Fsp3) is 0.718. The molecular formula is C39H65NO9S. The number of alkyl carbamates (subject to hydrolysis) is 1. The summed E-state index contributed by atoms with van der Waals surface area (Å²) in [4.78, 5) is 37.3. The van der Waals surface area contributed by atoms with Crippen molar-refractivity contribution in [2.45, 2.75) is 148 Å². The first kappa shape index (κ1) is 45.1. The van der Waals surface area contributed by atoms with Crippen LogP contribution >= 0.6 is 0 Å². The summed E-state index contributed by atoms with van der Waals surface area (Å²) in [6.45, 7) is 10.6. The van der Waals surface area contributed by atoms with E-state index in [1.807, 2.05) is 6.92 Å². The number of hydrogen-bond donors (Lipinski definition) is 1. The minimum Gasteiger partial charge on any atom is -0.465 e. The lowest BCUT2D eigenvalue weighted by Crippen LogP contribution is -2.45. The highest BCUT2D eigenvalue weighted by molar-refractivity contribution is 7.86. The fourth-order valence-electron chi connectivity index (χ4n) is 5.31. The molecule has 0 aromatic heterocycles. The van der Waals surface area contributed by atoms with E-state index in [2.05, 4.69) is 18.8 Å². The number of amides is 1. The van der Waals surface area contributed by atoms with Crippen LogP contribution in [0.3, 0.4) is 0 Å². The first-order valence-corrected chi connectivity index (χ1v) is 20.2. The third kappa shape index (κ3) is 22.0. The molecule has 0 aliphatic carbocycles. The van der Waals surface area contributed by atoms with E-state index in [1.54, 1.807) is 26.0 Å². The van der Waals surface area contributed by atoms with Crippen molar-refractivity contribution in [2.75, 3.05) is 26.4 Å². The van der Waals surface area contributed by atoms with Gasteiger partial charge in [-0.25, -0.2) is 9.59 Å². The molecule has 2 atom stereocenters. The van der Waals surface area contributed by atoms with Crippen LogP contribution in [0, 0.1) is 18.8 Å². The summed E-state index contributed by atoms with van der Waals surface area (Å²) < 4.78 is 46.8. The minimum absolute atomic E-state index is 0.00294. The van der Waals surface area contributed by atoms with Crippen molar-refractivity contribution in [1.82, 2.24) is 5.32 Å². The quantitative estimate of drug-likeness (QED) is 0.0271. The Bertz CT molecular complexity index is 1180. The van der Waals surface area contributed by atoms with Crippen LogP contribution in [0.4, 0.5) is 4.79 Å². The zero-order valence-corrected chi connectivity index (χ0v) is 32.1. The average molecular weight is 724 g/mol. The van der Waals surface area contributed by atoms with Crippen molar-refractivity contribution in [3.05, 3.63) is 42.5 Å². The number of hydrogen-bond acceptors (Lipinski definition) is 9. The van der Waals surface area contributed by atoms with Crippen LogP contribution in [-0.4, -0.2) is 58.9 Å². The molecule has 0 saturated carbocycles. The Morgan fingerprint density at radius 2 is 1.32 bits per heavy atom. The molecule has 50 heavy (non-hydrogen) atoms. The van der Waals surface area contributed by atoms with Gasteiger partial charge in [-0.3, -0.25) is 8.98 Å². The van der Waals surface area contributed by atoms with Gasteiger partial charge >= 0.3 is 18.0 Å². The monoisotopic (exact) mass is 723 g/mol. The number of carbonyl (C=O) groups excluding carboxylic acids is 3. The highest BCUT2D eigenvalue weighted by Gasteiger charge is 2.27. The molecule has 0 spiro atoms. The number of esters is 2. The normalized spacial score (nSPS) is 12.7. The number of nitrogens with one attached hydrogen (secondary N) is 1. The molecule has 1 aromatic carbocycles. The molecule has 1 N–H and O–H groups in total. The topological polar surface area (TPSA) is 134 Å². The molecule has 1 amide bonds. The molecule has 0 heterocycles. The average Bonchev–Trinajstić information content (AvgIpc) is 3.08. The lowest BCUT2D eigenvalue weighted by molar-refractivity contribution is -0.150. The molecular weight excluding hydrogens is 658 g/mol. The Kier molecular flexibility index (Phi) is 25.0. The number of rotatable bonds is 30. The third-order valence-electron chi connectivity index (χ3n) is 8.53. The summed E-state index contributed by atoms with van der Waals surface area (Å²) in [5, 5.41) is 2.49. The Hall–Kier alpha value is -2.92. The van der Waals surface area contributed by atoms with Gasteiger partial charge in [0.25, 0.3) is 10.1 Å². The number of carbonyl (C=O) groups is 3. The second-order valence-corrected chi connectivity index (χ2v) is 15.1. The van der Waals surface area contributed by atoms with E-state index in [0.717, 1.165) is 24.8 Å². The third-order valence-corrected chi connectivity index (χ3v) is 9.83. The second-order valence-electron chi connectivity index (χ2n) is 13.5. The van der Waals surface area contributed by atoms with Crippen LogP contribution in [-0.2, 0) is 38.1 Å². The van der Waals surface area contributed by atoms with E-state index in [1.165, 1.54) is 95.3 Å². The zero-order chi connectivity index (χ0) is 37.0. The highest BCUT2D eigenvalue weighted by atomic mass is 32.2. The van der Waals surface area contributed by atoms with Crippen molar-refractivity contribution in [2.24, 2.45) is 11.8 Å². The van der Waals surface area contributed by atoms with E-state index in [-0.39, 0.29) is 56.1 Å². The zero-order valence-electron chi connectivity index (χ0n) is 31.3. The molecule has 1 rings (SSSR count). The van der Waals surface area contributed by atoms with Crippen molar-refractivity contribution in [1.29, 1.82) is 0 Å². The van der Waals surface area contributed by atoms with Gasteiger partial charge in [0, 0.05) is 12.3 Å². The van der Waals surface area contributed by atoms with Crippen LogP contribution in [0.2, 0.25) is 0 Å². The van der Waals surface area contributed by atoms with Gasteiger partial charge in [-0.15, -0.1) is 0 Å².